The topological polar surface area (TPSA) is 93.8 Å². The molecule has 0 aliphatic heterocycles. The number of halogens is 2. The van der Waals surface area contributed by atoms with Crippen molar-refractivity contribution in [3.63, 3.8) is 0 Å². The first kappa shape index (κ1) is 23.6. The number of rotatable bonds is 8. The van der Waals surface area contributed by atoms with Crippen LogP contribution in [0.15, 0.2) is 74.7 Å². The van der Waals surface area contributed by atoms with Gasteiger partial charge in [-0.3, -0.25) is 14.9 Å². The number of para-hydroxylation sites is 1. The van der Waals surface area contributed by atoms with Gasteiger partial charge in [-0.15, -0.1) is 0 Å². The van der Waals surface area contributed by atoms with E-state index in [1.54, 1.807) is 18.2 Å². The Labute approximate surface area is 201 Å². The van der Waals surface area contributed by atoms with E-state index < -0.39 is 10.8 Å². The van der Waals surface area contributed by atoms with E-state index in [-0.39, 0.29) is 12.1 Å². The molecule has 0 bridgehead atoms. The van der Waals surface area contributed by atoms with E-state index in [2.05, 4.69) is 42.4 Å². The van der Waals surface area contributed by atoms with Crippen molar-refractivity contribution in [2.75, 3.05) is 0 Å². The summed E-state index contributed by atoms with van der Waals surface area (Å²) in [5.41, 5.74) is 5.59. The van der Waals surface area contributed by atoms with Crippen LogP contribution in [0.2, 0.25) is 0 Å². The van der Waals surface area contributed by atoms with Gasteiger partial charge in [0.05, 0.1) is 26.5 Å². The number of carbonyl (C=O) groups is 1. The first-order valence-corrected chi connectivity index (χ1v) is 11.1. The number of hydrogen-bond donors (Lipinski definition) is 1. The molecule has 32 heavy (non-hydrogen) atoms. The molecule has 0 fully saturated rings. The number of benzene rings is 3. The quantitative estimate of drug-likeness (QED) is 0.217. The molecule has 0 spiro atoms. The minimum Gasteiger partial charge on any atom is -0.487 e. The predicted molar refractivity (Wildman–Crippen MR) is 130 cm³/mol. The van der Waals surface area contributed by atoms with Crippen molar-refractivity contribution in [3.8, 4) is 5.75 Å². The van der Waals surface area contributed by atoms with Gasteiger partial charge in [0.2, 0.25) is 5.91 Å². The molecule has 0 saturated carbocycles. The molecule has 3 aromatic carbocycles. The lowest BCUT2D eigenvalue weighted by atomic mass is 10.1. The normalized spacial score (nSPS) is 10.8. The molecular weight excluding hydrogens is 542 g/mol. The zero-order valence-electron chi connectivity index (χ0n) is 17.0. The standard InChI is InChI=1S/C23H19Br2N3O4/c1-15-6-8-16(9-7-15)14-32-23-19(24)10-17(11-20(23)25)13-26-27-22(29)12-18-4-2-3-5-21(18)28(30)31/h2-11,13H,12,14H2,1H3,(H,27,29)/b26-13+. The van der Waals surface area contributed by atoms with Crippen molar-refractivity contribution in [2.24, 2.45) is 5.10 Å². The van der Waals surface area contributed by atoms with Crippen LogP contribution >= 0.6 is 31.9 Å². The number of nitrogens with one attached hydrogen (secondary N) is 1. The van der Waals surface area contributed by atoms with Crippen molar-refractivity contribution >= 4 is 49.7 Å². The van der Waals surface area contributed by atoms with E-state index in [4.69, 9.17) is 4.74 Å². The maximum Gasteiger partial charge on any atom is 0.273 e. The maximum absolute atomic E-state index is 12.1. The maximum atomic E-state index is 12.1. The second-order valence-electron chi connectivity index (χ2n) is 6.94. The van der Waals surface area contributed by atoms with Gasteiger partial charge < -0.3 is 4.74 Å². The third-order valence-electron chi connectivity index (χ3n) is 4.47. The summed E-state index contributed by atoms with van der Waals surface area (Å²) in [5.74, 6) is 0.204. The van der Waals surface area contributed by atoms with Crippen LogP contribution in [-0.2, 0) is 17.8 Å². The number of amides is 1. The lowest BCUT2D eigenvalue weighted by molar-refractivity contribution is -0.385. The molecule has 1 amide bonds. The Balaban J connectivity index is 1.60. The van der Waals surface area contributed by atoms with Gasteiger partial charge >= 0.3 is 0 Å². The molecule has 0 unspecified atom stereocenters. The molecule has 3 rings (SSSR count). The summed E-state index contributed by atoms with van der Waals surface area (Å²) < 4.78 is 7.38. The number of nitro groups is 1. The molecule has 0 aromatic heterocycles. The fraction of sp³-hybridized carbons (Fsp3) is 0.130. The van der Waals surface area contributed by atoms with Crippen molar-refractivity contribution in [2.45, 2.75) is 20.0 Å². The van der Waals surface area contributed by atoms with E-state index in [9.17, 15) is 14.9 Å². The minimum absolute atomic E-state index is 0.0966. The average Bonchev–Trinajstić information content (AvgIpc) is 2.74. The summed E-state index contributed by atoms with van der Waals surface area (Å²) >= 11 is 7.00. The van der Waals surface area contributed by atoms with E-state index in [1.165, 1.54) is 17.8 Å². The molecule has 164 valence electrons. The first-order valence-electron chi connectivity index (χ1n) is 9.55. The second kappa shape index (κ2) is 11.0. The molecule has 9 heteroatoms. The third kappa shape index (κ3) is 6.48. The number of ether oxygens (including phenoxy) is 1. The zero-order valence-corrected chi connectivity index (χ0v) is 20.2. The van der Waals surface area contributed by atoms with Crippen molar-refractivity contribution in [3.05, 3.63) is 102 Å². The Morgan fingerprint density at radius 1 is 1.12 bits per heavy atom. The van der Waals surface area contributed by atoms with Gasteiger partial charge in [-0.25, -0.2) is 5.43 Å². The van der Waals surface area contributed by atoms with Gasteiger partial charge in [0, 0.05) is 11.6 Å². The Hall–Kier alpha value is -3.04. The number of aryl methyl sites for hydroxylation is 1. The summed E-state index contributed by atoms with van der Waals surface area (Å²) in [7, 11) is 0. The van der Waals surface area contributed by atoms with Crippen molar-refractivity contribution in [1.82, 2.24) is 5.43 Å². The monoisotopic (exact) mass is 559 g/mol. The summed E-state index contributed by atoms with van der Waals surface area (Å²) in [6.45, 7) is 2.46. The van der Waals surface area contributed by atoms with Crippen LogP contribution in [0.1, 0.15) is 22.3 Å². The van der Waals surface area contributed by atoms with Crippen LogP contribution in [0.25, 0.3) is 0 Å². The number of nitro benzene ring substituents is 1. The third-order valence-corrected chi connectivity index (χ3v) is 5.64. The van der Waals surface area contributed by atoms with Gasteiger partial charge in [-0.05, 0) is 62.0 Å². The molecule has 0 heterocycles. The Bertz CT molecular complexity index is 1140. The first-order chi connectivity index (χ1) is 15.3. The molecule has 1 N–H and O–H groups in total. The fourth-order valence-corrected chi connectivity index (χ4v) is 4.31. The average molecular weight is 561 g/mol. The van der Waals surface area contributed by atoms with Gasteiger partial charge in [0.25, 0.3) is 5.69 Å². The fourth-order valence-electron chi connectivity index (χ4n) is 2.86. The van der Waals surface area contributed by atoms with E-state index in [0.29, 0.717) is 17.9 Å². The van der Waals surface area contributed by atoms with Gasteiger partial charge in [0.1, 0.15) is 12.4 Å². The van der Waals surface area contributed by atoms with Crippen LogP contribution in [0.5, 0.6) is 5.75 Å². The largest absolute Gasteiger partial charge is 0.487 e. The summed E-state index contributed by atoms with van der Waals surface area (Å²) in [6.07, 6.45) is 1.34. The van der Waals surface area contributed by atoms with Crippen molar-refractivity contribution < 1.29 is 14.5 Å². The number of hydrazone groups is 1. The molecule has 0 radical (unpaired) electrons. The molecule has 0 saturated heterocycles. The number of nitrogens with zero attached hydrogens (tertiary/aromatic N) is 2. The number of hydrogen-bond acceptors (Lipinski definition) is 5. The van der Waals surface area contributed by atoms with Gasteiger partial charge in [0.15, 0.2) is 0 Å². The summed E-state index contributed by atoms with van der Waals surface area (Å²) in [4.78, 5) is 22.7. The zero-order chi connectivity index (χ0) is 23.1. The Morgan fingerprint density at radius 2 is 1.78 bits per heavy atom. The summed E-state index contributed by atoms with van der Waals surface area (Å²) in [6, 6.07) is 17.8. The minimum atomic E-state index is -0.511. The highest BCUT2D eigenvalue weighted by Gasteiger charge is 2.15. The smallest absolute Gasteiger partial charge is 0.273 e. The predicted octanol–water partition coefficient (Wildman–Crippen LogP) is 5.70. The highest BCUT2D eigenvalue weighted by molar-refractivity contribution is 9.11. The Kier molecular flexibility index (Phi) is 8.13. The van der Waals surface area contributed by atoms with Crippen LogP contribution < -0.4 is 10.2 Å². The molecule has 0 aliphatic rings. The van der Waals surface area contributed by atoms with E-state index in [0.717, 1.165) is 20.1 Å². The Morgan fingerprint density at radius 3 is 2.44 bits per heavy atom. The number of carbonyl (C=O) groups excluding carboxylic acids is 1. The molecule has 7 nitrogen and oxygen atoms in total. The molecule has 0 aliphatic carbocycles. The van der Waals surface area contributed by atoms with Crippen LogP contribution in [-0.4, -0.2) is 17.0 Å². The summed E-state index contributed by atoms with van der Waals surface area (Å²) in [5, 5.41) is 15.0. The van der Waals surface area contributed by atoms with Gasteiger partial charge in [-0.2, -0.15) is 5.10 Å². The highest BCUT2D eigenvalue weighted by Crippen LogP contribution is 2.35. The SMILES string of the molecule is Cc1ccc(COc2c(Br)cc(/C=N/NC(=O)Cc3ccccc3[N+](=O)[O-])cc2Br)cc1. The van der Waals surface area contributed by atoms with Crippen LogP contribution in [0.4, 0.5) is 5.69 Å². The second-order valence-corrected chi connectivity index (χ2v) is 8.65. The van der Waals surface area contributed by atoms with E-state index in [1.807, 2.05) is 43.3 Å². The lowest BCUT2D eigenvalue weighted by Gasteiger charge is -2.11. The van der Waals surface area contributed by atoms with Crippen LogP contribution in [0, 0.1) is 17.0 Å². The van der Waals surface area contributed by atoms with Gasteiger partial charge in [-0.1, -0.05) is 48.0 Å². The highest BCUT2D eigenvalue weighted by atomic mass is 79.9. The molecule has 3 aromatic rings. The molecular formula is C23H19Br2N3O4. The lowest BCUT2D eigenvalue weighted by Crippen LogP contribution is -2.20. The van der Waals surface area contributed by atoms with E-state index >= 15 is 0 Å². The van der Waals surface area contributed by atoms with Crippen molar-refractivity contribution in [1.29, 1.82) is 0 Å². The van der Waals surface area contributed by atoms with Crippen LogP contribution in [0.3, 0.4) is 0 Å². The molecule has 0 atom stereocenters.